The highest BCUT2D eigenvalue weighted by atomic mass is 32.2. The van der Waals surface area contributed by atoms with Crippen molar-refractivity contribution in [2.45, 2.75) is 54.2 Å². The van der Waals surface area contributed by atoms with E-state index in [0.717, 1.165) is 31.4 Å². The molecule has 3 aliphatic rings. The second-order valence-corrected chi connectivity index (χ2v) is 11.5. The molecule has 35 heavy (non-hydrogen) atoms. The number of fused-ring (bicyclic) bond motifs is 1. The molecule has 1 aromatic carbocycles. The number of carbonyl (C=O) groups is 1. The van der Waals surface area contributed by atoms with Crippen molar-refractivity contribution in [3.63, 3.8) is 0 Å². The van der Waals surface area contributed by atoms with Crippen LogP contribution in [0.2, 0.25) is 0 Å². The highest BCUT2D eigenvalue weighted by Crippen LogP contribution is 2.60. The number of alkyl halides is 5. The van der Waals surface area contributed by atoms with Crippen molar-refractivity contribution in [3.05, 3.63) is 35.5 Å². The minimum atomic E-state index is -4.70. The number of sulfone groups is 1. The SMILES string of the molecule is CC(Oc1ccc(S(C)(=O)=O)cc1C(=O)N1CC2CC2(c2noc([C@@H]3CC3(F)F)n2)C1)C(F)(F)F. The van der Waals surface area contributed by atoms with Gasteiger partial charge in [0.15, 0.2) is 21.8 Å². The number of aromatic nitrogens is 2. The molecule has 0 radical (unpaired) electrons. The maximum atomic E-state index is 13.3. The summed E-state index contributed by atoms with van der Waals surface area (Å²) in [6.45, 7) is 1.06. The molecule has 1 aromatic heterocycles. The summed E-state index contributed by atoms with van der Waals surface area (Å²) < 4.78 is 99.9. The lowest BCUT2D eigenvalue weighted by Gasteiger charge is -2.24. The number of nitrogens with zero attached hydrogens (tertiary/aromatic N) is 3. The zero-order chi connectivity index (χ0) is 25.6. The van der Waals surface area contributed by atoms with Crippen LogP contribution in [0.3, 0.4) is 0 Å². The molecule has 8 nitrogen and oxygen atoms in total. The minimum absolute atomic E-state index is 0.0773. The summed E-state index contributed by atoms with van der Waals surface area (Å²) in [7, 11) is -3.76. The summed E-state index contributed by atoms with van der Waals surface area (Å²) in [4.78, 5) is 18.6. The Morgan fingerprint density at radius 1 is 1.29 bits per heavy atom. The first-order valence-corrected chi connectivity index (χ1v) is 12.6. The molecule has 1 saturated heterocycles. The molecule has 3 unspecified atom stereocenters. The van der Waals surface area contributed by atoms with Crippen LogP contribution < -0.4 is 4.74 Å². The Bertz CT molecular complexity index is 1310. The number of ether oxygens (including phenoxy) is 1. The zero-order valence-electron chi connectivity index (χ0n) is 18.5. The van der Waals surface area contributed by atoms with Gasteiger partial charge in [0, 0.05) is 25.8 Å². The monoisotopic (exact) mass is 521 g/mol. The first-order valence-electron chi connectivity index (χ1n) is 10.7. The normalized spacial score (nSPS) is 27.9. The van der Waals surface area contributed by atoms with Crippen LogP contribution in [0.25, 0.3) is 0 Å². The molecule has 0 bridgehead atoms. The van der Waals surface area contributed by atoms with E-state index in [0.29, 0.717) is 6.42 Å². The van der Waals surface area contributed by atoms with Crippen LogP contribution in [0.15, 0.2) is 27.6 Å². The third-order valence-corrected chi connectivity index (χ3v) is 7.93. The van der Waals surface area contributed by atoms with E-state index >= 15 is 0 Å². The third-order valence-electron chi connectivity index (χ3n) is 6.82. The van der Waals surface area contributed by atoms with Crippen LogP contribution in [-0.2, 0) is 15.3 Å². The minimum Gasteiger partial charge on any atom is -0.480 e. The van der Waals surface area contributed by atoms with E-state index in [1.165, 1.54) is 4.90 Å². The molecule has 0 spiro atoms. The number of piperidine rings is 1. The molecule has 2 aromatic rings. The average molecular weight is 521 g/mol. The number of rotatable bonds is 6. The predicted molar refractivity (Wildman–Crippen MR) is 108 cm³/mol. The van der Waals surface area contributed by atoms with Gasteiger partial charge in [0.1, 0.15) is 11.7 Å². The Morgan fingerprint density at radius 3 is 2.57 bits per heavy atom. The number of amides is 1. The quantitative estimate of drug-likeness (QED) is 0.538. The molecule has 3 fully saturated rings. The summed E-state index contributed by atoms with van der Waals surface area (Å²) in [6, 6.07) is 3.09. The van der Waals surface area contributed by atoms with E-state index in [2.05, 4.69) is 10.1 Å². The topological polar surface area (TPSA) is 103 Å². The molecular formula is C21H20F5N3O5S. The van der Waals surface area contributed by atoms with Gasteiger partial charge < -0.3 is 14.2 Å². The van der Waals surface area contributed by atoms with Crippen molar-refractivity contribution >= 4 is 15.7 Å². The van der Waals surface area contributed by atoms with Crippen LogP contribution >= 0.6 is 0 Å². The Kier molecular flexibility index (Phi) is 5.04. The fraction of sp³-hybridized carbons (Fsp3) is 0.571. The van der Waals surface area contributed by atoms with Crippen LogP contribution in [0, 0.1) is 5.92 Å². The van der Waals surface area contributed by atoms with Crippen LogP contribution in [0.4, 0.5) is 22.0 Å². The summed E-state index contributed by atoms with van der Waals surface area (Å²) >= 11 is 0. The highest BCUT2D eigenvalue weighted by molar-refractivity contribution is 7.90. The molecule has 14 heteroatoms. The average Bonchev–Trinajstić information content (AvgIpc) is 3.43. The highest BCUT2D eigenvalue weighted by Gasteiger charge is 2.66. The first kappa shape index (κ1) is 23.9. The van der Waals surface area contributed by atoms with Gasteiger partial charge in [-0.1, -0.05) is 5.16 Å². The summed E-state index contributed by atoms with van der Waals surface area (Å²) in [6.07, 6.45) is -5.81. The lowest BCUT2D eigenvalue weighted by atomic mass is 10.1. The largest absolute Gasteiger partial charge is 0.480 e. The molecule has 190 valence electrons. The van der Waals surface area contributed by atoms with Crippen LogP contribution in [-0.4, -0.2) is 66.9 Å². The van der Waals surface area contributed by atoms with Crippen molar-refractivity contribution in [3.8, 4) is 5.75 Å². The van der Waals surface area contributed by atoms with Crippen molar-refractivity contribution in [1.82, 2.24) is 15.0 Å². The number of hydrogen-bond donors (Lipinski definition) is 0. The molecule has 4 atom stereocenters. The molecule has 2 saturated carbocycles. The fourth-order valence-corrected chi connectivity index (χ4v) is 5.13. The molecule has 2 heterocycles. The lowest BCUT2D eigenvalue weighted by Crippen LogP contribution is -2.35. The number of benzene rings is 1. The first-order chi connectivity index (χ1) is 16.1. The number of hydrogen-bond acceptors (Lipinski definition) is 7. The van der Waals surface area contributed by atoms with E-state index in [1.807, 2.05) is 0 Å². The van der Waals surface area contributed by atoms with Gasteiger partial charge in [-0.3, -0.25) is 4.79 Å². The number of halogens is 5. The maximum absolute atomic E-state index is 13.3. The summed E-state index contributed by atoms with van der Waals surface area (Å²) in [5, 5.41) is 3.85. The van der Waals surface area contributed by atoms with Gasteiger partial charge in [0.2, 0.25) is 5.89 Å². The van der Waals surface area contributed by atoms with E-state index < -0.39 is 51.0 Å². The van der Waals surface area contributed by atoms with Gasteiger partial charge in [-0.2, -0.15) is 18.2 Å². The van der Waals surface area contributed by atoms with Crippen molar-refractivity contribution in [2.24, 2.45) is 5.92 Å². The molecule has 1 amide bonds. The lowest BCUT2D eigenvalue weighted by molar-refractivity contribution is -0.189. The Morgan fingerprint density at radius 2 is 1.97 bits per heavy atom. The van der Waals surface area contributed by atoms with Crippen molar-refractivity contribution < 1.29 is 44.4 Å². The van der Waals surface area contributed by atoms with Crippen molar-refractivity contribution in [1.29, 1.82) is 0 Å². The van der Waals surface area contributed by atoms with E-state index in [1.54, 1.807) is 0 Å². The number of likely N-dealkylation sites (tertiary alicyclic amines) is 1. The third kappa shape index (κ3) is 4.15. The Balaban J connectivity index is 1.40. The molecule has 0 N–H and O–H groups in total. The fourth-order valence-electron chi connectivity index (χ4n) is 4.48. The van der Waals surface area contributed by atoms with Crippen LogP contribution in [0.1, 0.15) is 47.8 Å². The Labute approximate surface area is 196 Å². The maximum Gasteiger partial charge on any atom is 0.425 e. The molecule has 2 aliphatic carbocycles. The van der Waals surface area contributed by atoms with Crippen LogP contribution in [0.5, 0.6) is 5.75 Å². The van der Waals surface area contributed by atoms with E-state index in [9.17, 15) is 35.2 Å². The van der Waals surface area contributed by atoms with Gasteiger partial charge in [-0.25, -0.2) is 17.2 Å². The van der Waals surface area contributed by atoms with E-state index in [-0.39, 0.29) is 47.6 Å². The standard InChI is InChI=1S/C21H20F5N3O5S/c1-10(21(24,25)26)33-15-4-3-12(35(2,31)32)5-13(15)17(30)29-8-11-6-19(11,9-29)18-27-16(34-28-18)14-7-20(14,22)23/h3-5,10-11,14H,6-9H2,1-2H3/t10?,11?,14-,19?/m0/s1. The van der Waals surface area contributed by atoms with E-state index in [4.69, 9.17) is 9.26 Å². The molecule has 1 aliphatic heterocycles. The predicted octanol–water partition coefficient (Wildman–Crippen LogP) is 3.34. The molecule has 5 rings (SSSR count). The number of carbonyl (C=O) groups excluding carboxylic acids is 1. The zero-order valence-corrected chi connectivity index (χ0v) is 19.3. The second-order valence-electron chi connectivity index (χ2n) is 9.45. The van der Waals surface area contributed by atoms with Gasteiger partial charge in [-0.15, -0.1) is 0 Å². The molecular weight excluding hydrogens is 501 g/mol. The van der Waals surface area contributed by atoms with Gasteiger partial charge in [0.05, 0.1) is 15.9 Å². The van der Waals surface area contributed by atoms with Gasteiger partial charge >= 0.3 is 6.18 Å². The van der Waals surface area contributed by atoms with Gasteiger partial charge in [-0.05, 0) is 37.5 Å². The summed E-state index contributed by atoms with van der Waals surface area (Å²) in [5.74, 6) is -5.16. The van der Waals surface area contributed by atoms with Gasteiger partial charge in [0.25, 0.3) is 11.8 Å². The summed E-state index contributed by atoms with van der Waals surface area (Å²) in [5.41, 5.74) is -1.03. The Hall–Kier alpha value is -2.77. The second kappa shape index (κ2) is 7.37. The smallest absolute Gasteiger partial charge is 0.425 e. The van der Waals surface area contributed by atoms with Crippen molar-refractivity contribution in [2.75, 3.05) is 19.3 Å².